The van der Waals surface area contributed by atoms with Gasteiger partial charge in [-0.15, -0.1) is 0 Å². The van der Waals surface area contributed by atoms with Crippen molar-refractivity contribution in [1.82, 2.24) is 10.2 Å². The standard InChI is InChI=1S/C16H24N2O2/c1-13(19)17-12-16(18-10-4-3-5-11-18)14-6-8-15(20-2)9-7-14/h6-9,16H,3-5,10-12H2,1-2H3,(H,17,19). The van der Waals surface area contributed by atoms with Gasteiger partial charge < -0.3 is 10.1 Å². The van der Waals surface area contributed by atoms with Crippen molar-refractivity contribution in [2.24, 2.45) is 0 Å². The van der Waals surface area contributed by atoms with Gasteiger partial charge in [0.15, 0.2) is 0 Å². The van der Waals surface area contributed by atoms with Gasteiger partial charge >= 0.3 is 0 Å². The van der Waals surface area contributed by atoms with Gasteiger partial charge in [-0.1, -0.05) is 18.6 Å². The number of amides is 1. The van der Waals surface area contributed by atoms with Crippen molar-refractivity contribution in [3.05, 3.63) is 29.8 Å². The van der Waals surface area contributed by atoms with Gasteiger partial charge in [-0.25, -0.2) is 0 Å². The molecule has 1 fully saturated rings. The van der Waals surface area contributed by atoms with Gasteiger partial charge in [-0.2, -0.15) is 0 Å². The summed E-state index contributed by atoms with van der Waals surface area (Å²) in [5, 5.41) is 2.96. The average molecular weight is 276 g/mol. The molecule has 1 aromatic rings. The molecule has 1 N–H and O–H groups in total. The van der Waals surface area contributed by atoms with Crippen LogP contribution in [-0.4, -0.2) is 37.6 Å². The zero-order valence-electron chi connectivity index (χ0n) is 12.4. The fraction of sp³-hybridized carbons (Fsp3) is 0.562. The fourth-order valence-corrected chi connectivity index (χ4v) is 2.75. The normalized spacial score (nSPS) is 17.5. The van der Waals surface area contributed by atoms with Crippen LogP contribution in [0.2, 0.25) is 0 Å². The minimum absolute atomic E-state index is 0.0283. The number of carbonyl (C=O) groups excluding carboxylic acids is 1. The first-order valence-corrected chi connectivity index (χ1v) is 7.33. The van der Waals surface area contributed by atoms with Crippen molar-refractivity contribution in [1.29, 1.82) is 0 Å². The summed E-state index contributed by atoms with van der Waals surface area (Å²) in [7, 11) is 1.68. The molecule has 1 atom stereocenters. The van der Waals surface area contributed by atoms with E-state index < -0.39 is 0 Å². The number of rotatable bonds is 5. The summed E-state index contributed by atoms with van der Waals surface area (Å²) in [4.78, 5) is 13.7. The zero-order chi connectivity index (χ0) is 14.4. The van der Waals surface area contributed by atoms with Crippen LogP contribution >= 0.6 is 0 Å². The predicted molar refractivity (Wildman–Crippen MR) is 79.8 cm³/mol. The number of carbonyl (C=O) groups is 1. The van der Waals surface area contributed by atoms with Gasteiger partial charge in [0.05, 0.1) is 13.2 Å². The molecule has 0 aliphatic carbocycles. The van der Waals surface area contributed by atoms with Crippen LogP contribution in [0.3, 0.4) is 0 Å². The van der Waals surface area contributed by atoms with Crippen molar-refractivity contribution in [2.45, 2.75) is 32.2 Å². The van der Waals surface area contributed by atoms with Crippen LogP contribution in [0.25, 0.3) is 0 Å². The van der Waals surface area contributed by atoms with Crippen LogP contribution in [0.4, 0.5) is 0 Å². The molecule has 1 unspecified atom stereocenters. The Balaban J connectivity index is 2.12. The quantitative estimate of drug-likeness (QED) is 0.897. The van der Waals surface area contributed by atoms with E-state index in [1.54, 1.807) is 14.0 Å². The van der Waals surface area contributed by atoms with Crippen molar-refractivity contribution in [3.8, 4) is 5.75 Å². The minimum Gasteiger partial charge on any atom is -0.497 e. The Morgan fingerprint density at radius 1 is 1.25 bits per heavy atom. The summed E-state index contributed by atoms with van der Waals surface area (Å²) in [6.45, 7) is 4.45. The SMILES string of the molecule is COc1ccc(C(CNC(C)=O)N2CCCCC2)cc1. The molecule has 1 aromatic carbocycles. The molecule has 1 aliphatic heterocycles. The highest BCUT2D eigenvalue weighted by molar-refractivity contribution is 5.72. The zero-order valence-corrected chi connectivity index (χ0v) is 12.4. The molecule has 20 heavy (non-hydrogen) atoms. The molecule has 0 radical (unpaired) electrons. The molecule has 1 saturated heterocycles. The van der Waals surface area contributed by atoms with Crippen LogP contribution in [-0.2, 0) is 4.79 Å². The number of likely N-dealkylation sites (tertiary alicyclic amines) is 1. The number of benzene rings is 1. The molecule has 110 valence electrons. The number of hydrogen-bond donors (Lipinski definition) is 1. The van der Waals surface area contributed by atoms with Gasteiger partial charge in [0.2, 0.25) is 5.91 Å². The summed E-state index contributed by atoms with van der Waals surface area (Å²) in [5.74, 6) is 0.895. The Kier molecular flexibility index (Phi) is 5.41. The monoisotopic (exact) mass is 276 g/mol. The third kappa shape index (κ3) is 3.97. The van der Waals surface area contributed by atoms with Crippen LogP contribution < -0.4 is 10.1 Å². The van der Waals surface area contributed by atoms with E-state index in [0.717, 1.165) is 18.8 Å². The second-order valence-corrected chi connectivity index (χ2v) is 5.32. The van der Waals surface area contributed by atoms with Crippen molar-refractivity contribution in [2.75, 3.05) is 26.7 Å². The fourth-order valence-electron chi connectivity index (χ4n) is 2.75. The van der Waals surface area contributed by atoms with Crippen molar-refractivity contribution in [3.63, 3.8) is 0 Å². The van der Waals surface area contributed by atoms with Gasteiger partial charge in [0, 0.05) is 13.5 Å². The highest BCUT2D eigenvalue weighted by atomic mass is 16.5. The lowest BCUT2D eigenvalue weighted by Gasteiger charge is -2.35. The molecule has 4 nitrogen and oxygen atoms in total. The van der Waals surface area contributed by atoms with E-state index in [2.05, 4.69) is 22.3 Å². The largest absolute Gasteiger partial charge is 0.497 e. The molecule has 2 rings (SSSR count). The topological polar surface area (TPSA) is 41.6 Å². The third-order valence-electron chi connectivity index (χ3n) is 3.88. The van der Waals surface area contributed by atoms with Crippen LogP contribution in [0.5, 0.6) is 5.75 Å². The van der Waals surface area contributed by atoms with Crippen LogP contribution in [0.1, 0.15) is 37.8 Å². The number of methoxy groups -OCH3 is 1. The van der Waals surface area contributed by atoms with Gasteiger partial charge in [0.1, 0.15) is 5.75 Å². The molecule has 1 aliphatic rings. The maximum Gasteiger partial charge on any atom is 0.216 e. The first-order valence-electron chi connectivity index (χ1n) is 7.33. The summed E-state index contributed by atoms with van der Waals surface area (Å²) in [5.41, 5.74) is 1.24. The number of nitrogens with one attached hydrogen (secondary N) is 1. The third-order valence-corrected chi connectivity index (χ3v) is 3.88. The Morgan fingerprint density at radius 2 is 1.90 bits per heavy atom. The summed E-state index contributed by atoms with van der Waals surface area (Å²) in [6.07, 6.45) is 3.80. The smallest absolute Gasteiger partial charge is 0.216 e. The van der Waals surface area contributed by atoms with E-state index in [0.29, 0.717) is 6.54 Å². The number of piperidine rings is 1. The summed E-state index contributed by atoms with van der Waals surface area (Å²) >= 11 is 0. The first kappa shape index (κ1) is 14.9. The Labute approximate surface area is 121 Å². The van der Waals surface area contributed by atoms with Gasteiger partial charge in [-0.3, -0.25) is 9.69 Å². The molecule has 1 amide bonds. The second kappa shape index (κ2) is 7.29. The Bertz CT molecular complexity index is 425. The Morgan fingerprint density at radius 3 is 2.45 bits per heavy atom. The van der Waals surface area contributed by atoms with Gasteiger partial charge in [-0.05, 0) is 43.6 Å². The number of ether oxygens (including phenoxy) is 1. The highest BCUT2D eigenvalue weighted by Gasteiger charge is 2.22. The van der Waals surface area contributed by atoms with Crippen molar-refractivity contribution < 1.29 is 9.53 Å². The van der Waals surface area contributed by atoms with E-state index in [-0.39, 0.29) is 11.9 Å². The lowest BCUT2D eigenvalue weighted by Crippen LogP contribution is -2.40. The van der Waals surface area contributed by atoms with E-state index in [4.69, 9.17) is 4.74 Å². The number of hydrogen-bond acceptors (Lipinski definition) is 3. The first-order chi connectivity index (χ1) is 9.70. The van der Waals surface area contributed by atoms with E-state index in [1.165, 1.54) is 24.8 Å². The van der Waals surface area contributed by atoms with E-state index >= 15 is 0 Å². The van der Waals surface area contributed by atoms with Crippen molar-refractivity contribution >= 4 is 5.91 Å². The molecule has 0 bridgehead atoms. The molecule has 4 heteroatoms. The van der Waals surface area contributed by atoms with E-state index in [9.17, 15) is 4.79 Å². The molecular formula is C16H24N2O2. The predicted octanol–water partition coefficient (Wildman–Crippen LogP) is 2.36. The van der Waals surface area contributed by atoms with E-state index in [1.807, 2.05) is 12.1 Å². The summed E-state index contributed by atoms with van der Waals surface area (Å²) < 4.78 is 5.21. The Hall–Kier alpha value is -1.55. The average Bonchev–Trinajstić information content (AvgIpc) is 2.49. The second-order valence-electron chi connectivity index (χ2n) is 5.32. The maximum absolute atomic E-state index is 11.2. The molecule has 0 saturated carbocycles. The maximum atomic E-state index is 11.2. The minimum atomic E-state index is 0.0283. The lowest BCUT2D eigenvalue weighted by atomic mass is 10.0. The molecular weight excluding hydrogens is 252 g/mol. The molecule has 0 aromatic heterocycles. The van der Waals surface area contributed by atoms with Crippen LogP contribution in [0.15, 0.2) is 24.3 Å². The number of nitrogens with zero attached hydrogens (tertiary/aromatic N) is 1. The lowest BCUT2D eigenvalue weighted by molar-refractivity contribution is -0.119. The molecule has 1 heterocycles. The van der Waals surface area contributed by atoms with Gasteiger partial charge in [0.25, 0.3) is 0 Å². The molecule has 0 spiro atoms. The summed E-state index contributed by atoms with van der Waals surface area (Å²) in [6, 6.07) is 8.42. The van der Waals surface area contributed by atoms with Crippen LogP contribution in [0, 0.1) is 0 Å². The highest BCUT2D eigenvalue weighted by Crippen LogP contribution is 2.25.